The Morgan fingerprint density at radius 2 is 2.17 bits per heavy atom. The highest BCUT2D eigenvalue weighted by Crippen LogP contribution is 2.62. The Kier molecular flexibility index (Phi) is 4.23. The number of allylic oxidation sites excluding steroid dienone is 3. The van der Waals surface area contributed by atoms with Crippen molar-refractivity contribution in [2.45, 2.75) is 50.4 Å². The van der Waals surface area contributed by atoms with Crippen LogP contribution in [0.25, 0.3) is 0 Å². The number of aliphatic hydroxyl groups excluding tert-OH is 1. The molecule has 5 atom stereocenters. The number of carbonyl (C=O) groups is 1. The second kappa shape index (κ2) is 6.57. The van der Waals surface area contributed by atoms with Gasteiger partial charge in [0.05, 0.1) is 0 Å². The summed E-state index contributed by atoms with van der Waals surface area (Å²) in [5.74, 6) is 0.962. The van der Waals surface area contributed by atoms with Gasteiger partial charge in [0.25, 0.3) is 0 Å². The maximum atomic E-state index is 12.3. The Bertz CT molecular complexity index is 958. The summed E-state index contributed by atoms with van der Waals surface area (Å²) < 4.78 is 12.0. The summed E-state index contributed by atoms with van der Waals surface area (Å²) >= 11 is 0. The van der Waals surface area contributed by atoms with Crippen LogP contribution >= 0.6 is 0 Å². The predicted molar refractivity (Wildman–Crippen MR) is 110 cm³/mol. The maximum absolute atomic E-state index is 12.3. The van der Waals surface area contributed by atoms with E-state index in [2.05, 4.69) is 24.1 Å². The molecule has 5 nitrogen and oxygen atoms in total. The first-order chi connectivity index (χ1) is 13.9. The van der Waals surface area contributed by atoms with E-state index in [9.17, 15) is 9.90 Å². The van der Waals surface area contributed by atoms with Crippen LogP contribution in [0.1, 0.15) is 31.4 Å². The van der Waals surface area contributed by atoms with Crippen molar-refractivity contribution in [1.82, 2.24) is 4.90 Å². The Hall–Kier alpha value is -2.37. The van der Waals surface area contributed by atoms with Crippen molar-refractivity contribution in [2.24, 2.45) is 5.92 Å². The first kappa shape index (κ1) is 18.6. The third-order valence-electron chi connectivity index (χ3n) is 7.01. The van der Waals surface area contributed by atoms with Gasteiger partial charge in [-0.25, -0.2) is 4.79 Å². The van der Waals surface area contributed by atoms with Gasteiger partial charge in [-0.2, -0.15) is 0 Å². The van der Waals surface area contributed by atoms with Crippen LogP contribution < -0.4 is 9.47 Å². The lowest BCUT2D eigenvalue weighted by Gasteiger charge is -2.56. The van der Waals surface area contributed by atoms with E-state index >= 15 is 0 Å². The van der Waals surface area contributed by atoms with E-state index in [-0.39, 0.29) is 11.5 Å². The van der Waals surface area contributed by atoms with E-state index in [1.807, 2.05) is 32.1 Å². The summed E-state index contributed by atoms with van der Waals surface area (Å²) in [6.45, 7) is 4.91. The van der Waals surface area contributed by atoms with Gasteiger partial charge in [-0.1, -0.05) is 35.9 Å². The fourth-order valence-corrected chi connectivity index (χ4v) is 5.77. The van der Waals surface area contributed by atoms with Crippen LogP contribution in [0.5, 0.6) is 11.5 Å². The van der Waals surface area contributed by atoms with Gasteiger partial charge in [0.2, 0.25) is 0 Å². The molecule has 1 fully saturated rings. The zero-order chi connectivity index (χ0) is 20.3. The molecule has 2 bridgehead atoms. The van der Waals surface area contributed by atoms with E-state index in [1.165, 1.54) is 11.6 Å². The monoisotopic (exact) mass is 393 g/mol. The van der Waals surface area contributed by atoms with Crippen molar-refractivity contribution in [3.8, 4) is 11.5 Å². The molecule has 1 spiro atoms. The quantitative estimate of drug-likeness (QED) is 0.281. The summed E-state index contributed by atoms with van der Waals surface area (Å²) in [7, 11) is 2.18. The van der Waals surface area contributed by atoms with Gasteiger partial charge in [-0.15, -0.1) is 0 Å². The first-order valence-electron chi connectivity index (χ1n) is 10.3. The lowest BCUT2D eigenvalue weighted by molar-refractivity contribution is -0.129. The molecule has 0 amide bonds. The molecule has 0 unspecified atom stereocenters. The molecule has 4 aliphatic rings. The Labute approximate surface area is 171 Å². The third-order valence-corrected chi connectivity index (χ3v) is 7.01. The second-order valence-electron chi connectivity index (χ2n) is 8.93. The molecule has 5 heteroatoms. The van der Waals surface area contributed by atoms with E-state index in [1.54, 1.807) is 6.08 Å². The Morgan fingerprint density at radius 3 is 2.97 bits per heavy atom. The van der Waals surface area contributed by atoms with E-state index in [0.29, 0.717) is 23.5 Å². The molecule has 0 aromatic heterocycles. The highest BCUT2D eigenvalue weighted by molar-refractivity contribution is 5.85. The number of rotatable bonds is 3. The molecule has 1 aromatic rings. The summed E-state index contributed by atoms with van der Waals surface area (Å²) in [6.07, 6.45) is 9.92. The molecule has 2 heterocycles. The van der Waals surface area contributed by atoms with Crippen molar-refractivity contribution in [3.63, 3.8) is 0 Å². The zero-order valence-electron chi connectivity index (χ0n) is 17.1. The van der Waals surface area contributed by atoms with Crippen molar-refractivity contribution in [3.05, 3.63) is 59.2 Å². The molecule has 1 N–H and O–H groups in total. The SMILES string of the molecule is CC(C)=C/C=C/C(=O)Oc1ccc2c3c1O[C@H]1[C@@H](O)C=C[C@H]4[C@@H](C2)N(C)CC[C@@]341. The number of piperidine rings is 1. The average molecular weight is 393 g/mol. The molecule has 0 saturated carbocycles. The number of nitrogens with zero attached hydrogens (tertiary/aromatic N) is 1. The van der Waals surface area contributed by atoms with Gasteiger partial charge in [0, 0.05) is 29.0 Å². The Morgan fingerprint density at radius 1 is 1.34 bits per heavy atom. The van der Waals surface area contributed by atoms with Crippen LogP contribution in [0.3, 0.4) is 0 Å². The molecule has 1 aromatic carbocycles. The lowest BCUT2D eigenvalue weighted by Crippen LogP contribution is -2.64. The molecule has 0 radical (unpaired) electrons. The number of hydrogen-bond acceptors (Lipinski definition) is 5. The lowest BCUT2D eigenvalue weighted by atomic mass is 9.53. The molecular formula is C24H27NO4. The number of aliphatic hydroxyl groups is 1. The topological polar surface area (TPSA) is 59.0 Å². The van der Waals surface area contributed by atoms with Crippen molar-refractivity contribution >= 4 is 5.97 Å². The van der Waals surface area contributed by atoms with Crippen LogP contribution in [-0.4, -0.2) is 47.8 Å². The number of likely N-dealkylation sites (N-methyl/N-ethyl adjacent to an activating group) is 1. The molecule has 152 valence electrons. The fraction of sp³-hybridized carbons (Fsp3) is 0.458. The smallest absolute Gasteiger partial charge is 0.336 e. The van der Waals surface area contributed by atoms with Crippen LogP contribution in [0.4, 0.5) is 0 Å². The van der Waals surface area contributed by atoms with Crippen LogP contribution in [-0.2, 0) is 16.6 Å². The molecule has 1 saturated heterocycles. The van der Waals surface area contributed by atoms with E-state index in [0.717, 1.165) is 30.5 Å². The Balaban J connectivity index is 1.57. The summed E-state index contributed by atoms with van der Waals surface area (Å²) in [5.41, 5.74) is 3.27. The van der Waals surface area contributed by atoms with Gasteiger partial charge in [-0.05, 0) is 51.9 Å². The van der Waals surface area contributed by atoms with Gasteiger partial charge < -0.3 is 19.5 Å². The minimum atomic E-state index is -0.658. The first-order valence-corrected chi connectivity index (χ1v) is 10.3. The van der Waals surface area contributed by atoms with Gasteiger partial charge in [0.15, 0.2) is 11.5 Å². The van der Waals surface area contributed by atoms with Gasteiger partial charge >= 0.3 is 5.97 Å². The van der Waals surface area contributed by atoms with E-state index in [4.69, 9.17) is 9.47 Å². The number of esters is 1. The zero-order valence-corrected chi connectivity index (χ0v) is 17.1. The minimum Gasteiger partial charge on any atom is -0.482 e. The number of hydrogen-bond donors (Lipinski definition) is 1. The maximum Gasteiger partial charge on any atom is 0.336 e. The predicted octanol–water partition coefficient (Wildman–Crippen LogP) is 2.92. The molecule has 2 aliphatic heterocycles. The highest BCUT2D eigenvalue weighted by Gasteiger charge is 2.64. The molecule has 2 aliphatic carbocycles. The normalized spacial score (nSPS) is 33.9. The van der Waals surface area contributed by atoms with E-state index < -0.39 is 12.1 Å². The number of carbonyl (C=O) groups excluding carboxylic acids is 1. The average Bonchev–Trinajstić information content (AvgIpc) is 3.03. The van der Waals surface area contributed by atoms with Crippen molar-refractivity contribution < 1.29 is 19.4 Å². The number of ether oxygens (including phenoxy) is 2. The van der Waals surface area contributed by atoms with Crippen LogP contribution in [0, 0.1) is 5.92 Å². The summed E-state index contributed by atoms with van der Waals surface area (Å²) in [6, 6.07) is 4.31. The summed E-state index contributed by atoms with van der Waals surface area (Å²) in [4.78, 5) is 14.8. The molecule has 29 heavy (non-hydrogen) atoms. The standard InChI is InChI=1S/C24H27NO4/c1-14(2)5-4-6-20(27)28-19-10-7-15-13-17-16-8-9-18(26)23-24(16,11-12-25(17)3)21(15)22(19)29-23/h4-10,16-18,23,26H,11-13H2,1-3H3/b6-4+/t16-,17+,18-,23-,24-/m0/s1. The minimum absolute atomic E-state index is 0.241. The number of benzene rings is 1. The third kappa shape index (κ3) is 2.64. The van der Waals surface area contributed by atoms with Gasteiger partial charge in [-0.3, -0.25) is 0 Å². The highest BCUT2D eigenvalue weighted by atomic mass is 16.6. The van der Waals surface area contributed by atoms with Crippen LogP contribution in [0.2, 0.25) is 0 Å². The fourth-order valence-electron chi connectivity index (χ4n) is 5.77. The molecule has 5 rings (SSSR count). The largest absolute Gasteiger partial charge is 0.482 e. The second-order valence-corrected chi connectivity index (χ2v) is 8.93. The summed E-state index contributed by atoms with van der Waals surface area (Å²) in [5, 5.41) is 10.7. The van der Waals surface area contributed by atoms with Gasteiger partial charge in [0.1, 0.15) is 12.2 Å². The van der Waals surface area contributed by atoms with Crippen LogP contribution in [0.15, 0.2) is 48.1 Å². The van der Waals surface area contributed by atoms with Crippen molar-refractivity contribution in [2.75, 3.05) is 13.6 Å². The number of likely N-dealkylation sites (tertiary alicyclic amines) is 1. The van der Waals surface area contributed by atoms with Crippen molar-refractivity contribution in [1.29, 1.82) is 0 Å². The molecular weight excluding hydrogens is 366 g/mol.